The standard InChI is InChI=1S/C22H30O3Si/c1-17(15-20-21(16-23)24-20)25-26(22(2,3)4,18-11-7-5-8-12-18)19-13-9-6-10-14-19/h5-14,17,20-21,23H,15-16H2,1-4H3/t17-,20-,21-/m1/s1. The summed E-state index contributed by atoms with van der Waals surface area (Å²) in [5, 5.41) is 11.8. The minimum absolute atomic E-state index is 0.0137. The first kappa shape index (κ1) is 19.3. The van der Waals surface area contributed by atoms with E-state index in [0.717, 1.165) is 6.42 Å². The second-order valence-electron chi connectivity index (χ2n) is 8.22. The van der Waals surface area contributed by atoms with Gasteiger partial charge in [0, 0.05) is 12.5 Å². The van der Waals surface area contributed by atoms with Gasteiger partial charge in [-0.1, -0.05) is 81.4 Å². The first-order valence-electron chi connectivity index (χ1n) is 9.43. The van der Waals surface area contributed by atoms with Gasteiger partial charge in [-0.25, -0.2) is 0 Å². The molecule has 1 N–H and O–H groups in total. The lowest BCUT2D eigenvalue weighted by molar-refractivity contribution is 0.181. The van der Waals surface area contributed by atoms with Gasteiger partial charge in [-0.3, -0.25) is 0 Å². The summed E-state index contributed by atoms with van der Waals surface area (Å²) in [6, 6.07) is 21.4. The third-order valence-corrected chi connectivity index (χ3v) is 10.4. The van der Waals surface area contributed by atoms with E-state index in [1.54, 1.807) is 0 Å². The molecule has 0 bridgehead atoms. The molecule has 0 aliphatic carbocycles. The molecule has 3 atom stereocenters. The summed E-state index contributed by atoms with van der Waals surface area (Å²) >= 11 is 0. The van der Waals surface area contributed by atoms with Crippen LogP contribution in [0.3, 0.4) is 0 Å². The van der Waals surface area contributed by atoms with Crippen molar-refractivity contribution in [3.05, 3.63) is 60.7 Å². The number of benzene rings is 2. The Balaban J connectivity index is 2.00. The van der Waals surface area contributed by atoms with Gasteiger partial charge < -0.3 is 14.3 Å². The number of ether oxygens (including phenoxy) is 1. The van der Waals surface area contributed by atoms with Gasteiger partial charge >= 0.3 is 0 Å². The lowest BCUT2D eigenvalue weighted by Gasteiger charge is -2.44. The van der Waals surface area contributed by atoms with Crippen molar-refractivity contribution in [3.8, 4) is 0 Å². The third kappa shape index (κ3) is 3.79. The summed E-state index contributed by atoms with van der Waals surface area (Å²) in [4.78, 5) is 0. The molecule has 0 unspecified atom stereocenters. The van der Waals surface area contributed by atoms with Crippen LogP contribution in [0.15, 0.2) is 60.7 Å². The van der Waals surface area contributed by atoms with Crippen molar-refractivity contribution >= 4 is 18.7 Å². The van der Waals surface area contributed by atoms with Crippen LogP contribution in [-0.4, -0.2) is 38.3 Å². The summed E-state index contributed by atoms with van der Waals surface area (Å²) in [5.74, 6) is 0. The Morgan fingerprint density at radius 3 is 1.85 bits per heavy atom. The first-order chi connectivity index (χ1) is 12.4. The molecule has 2 aromatic carbocycles. The highest BCUT2D eigenvalue weighted by molar-refractivity contribution is 6.99. The topological polar surface area (TPSA) is 42.0 Å². The summed E-state index contributed by atoms with van der Waals surface area (Å²) in [6.45, 7) is 9.09. The lowest BCUT2D eigenvalue weighted by atomic mass is 10.2. The highest BCUT2D eigenvalue weighted by Crippen LogP contribution is 2.38. The van der Waals surface area contributed by atoms with Crippen LogP contribution in [0.4, 0.5) is 0 Å². The van der Waals surface area contributed by atoms with E-state index in [2.05, 4.69) is 88.4 Å². The Labute approximate surface area is 158 Å². The van der Waals surface area contributed by atoms with E-state index in [0.29, 0.717) is 0 Å². The molecule has 1 fully saturated rings. The summed E-state index contributed by atoms with van der Waals surface area (Å²) in [7, 11) is -2.50. The predicted molar refractivity (Wildman–Crippen MR) is 109 cm³/mol. The van der Waals surface area contributed by atoms with E-state index in [-0.39, 0.29) is 30.0 Å². The van der Waals surface area contributed by atoms with Crippen LogP contribution in [0.5, 0.6) is 0 Å². The molecule has 3 rings (SSSR count). The van der Waals surface area contributed by atoms with Crippen molar-refractivity contribution in [3.63, 3.8) is 0 Å². The fourth-order valence-corrected chi connectivity index (χ4v) is 8.63. The van der Waals surface area contributed by atoms with Crippen LogP contribution in [0.25, 0.3) is 0 Å². The molecule has 1 saturated heterocycles. The van der Waals surface area contributed by atoms with Gasteiger partial charge in [0.15, 0.2) is 0 Å². The maximum atomic E-state index is 9.25. The summed E-state index contributed by atoms with van der Waals surface area (Å²) in [6.07, 6.45) is 0.978. The van der Waals surface area contributed by atoms with Crippen LogP contribution >= 0.6 is 0 Å². The van der Waals surface area contributed by atoms with Crippen LogP contribution < -0.4 is 10.4 Å². The largest absolute Gasteiger partial charge is 0.405 e. The van der Waals surface area contributed by atoms with Crippen molar-refractivity contribution in [2.75, 3.05) is 6.61 Å². The van der Waals surface area contributed by atoms with E-state index in [9.17, 15) is 5.11 Å². The Kier molecular flexibility index (Phi) is 5.68. The Hall–Kier alpha value is -1.46. The third-order valence-electron chi connectivity index (χ3n) is 5.23. The average Bonchev–Trinajstić information content (AvgIpc) is 3.38. The Bertz CT molecular complexity index is 657. The number of hydrogen-bond acceptors (Lipinski definition) is 3. The molecule has 4 heteroatoms. The molecule has 0 aromatic heterocycles. The number of aliphatic hydroxyl groups excluding tert-OH is 1. The monoisotopic (exact) mass is 370 g/mol. The molecule has 26 heavy (non-hydrogen) atoms. The van der Waals surface area contributed by atoms with E-state index < -0.39 is 8.32 Å². The normalized spacial score (nSPS) is 21.4. The molecular formula is C22H30O3Si. The fourth-order valence-electron chi connectivity index (χ4n) is 3.92. The minimum atomic E-state index is -2.50. The smallest absolute Gasteiger partial charge is 0.261 e. The van der Waals surface area contributed by atoms with Crippen LogP contribution in [0.1, 0.15) is 34.1 Å². The fraction of sp³-hybridized carbons (Fsp3) is 0.455. The zero-order valence-corrected chi connectivity index (χ0v) is 17.2. The number of rotatable bonds is 7. The van der Waals surface area contributed by atoms with Gasteiger partial charge in [0.1, 0.15) is 6.10 Å². The van der Waals surface area contributed by atoms with Gasteiger partial charge in [-0.15, -0.1) is 0 Å². The predicted octanol–water partition coefficient (Wildman–Crippen LogP) is 3.10. The molecule has 0 saturated carbocycles. The maximum absolute atomic E-state index is 9.25. The minimum Gasteiger partial charge on any atom is -0.405 e. The molecule has 1 aliphatic rings. The lowest BCUT2D eigenvalue weighted by Crippen LogP contribution is -2.67. The van der Waals surface area contributed by atoms with Crippen molar-refractivity contribution < 1.29 is 14.3 Å². The molecule has 140 valence electrons. The van der Waals surface area contributed by atoms with E-state index >= 15 is 0 Å². The van der Waals surface area contributed by atoms with Crippen molar-refractivity contribution in [2.45, 2.75) is 57.5 Å². The zero-order valence-electron chi connectivity index (χ0n) is 16.2. The van der Waals surface area contributed by atoms with Crippen LogP contribution in [-0.2, 0) is 9.16 Å². The molecule has 0 spiro atoms. The Morgan fingerprint density at radius 1 is 0.962 bits per heavy atom. The van der Waals surface area contributed by atoms with E-state index in [4.69, 9.17) is 9.16 Å². The van der Waals surface area contributed by atoms with Gasteiger partial charge in [0.05, 0.1) is 12.7 Å². The van der Waals surface area contributed by atoms with Crippen LogP contribution in [0.2, 0.25) is 5.04 Å². The summed E-state index contributed by atoms with van der Waals surface area (Å²) < 4.78 is 12.5. The first-order valence-corrected chi connectivity index (χ1v) is 11.3. The zero-order chi connectivity index (χ0) is 18.8. The van der Waals surface area contributed by atoms with E-state index in [1.807, 2.05) is 0 Å². The van der Waals surface area contributed by atoms with Gasteiger partial charge in [0.25, 0.3) is 8.32 Å². The van der Waals surface area contributed by atoms with Crippen molar-refractivity contribution in [1.82, 2.24) is 0 Å². The number of hydrogen-bond donors (Lipinski definition) is 1. The maximum Gasteiger partial charge on any atom is 0.261 e. The number of aliphatic hydroxyl groups is 1. The molecule has 1 aliphatic heterocycles. The average molecular weight is 371 g/mol. The SMILES string of the molecule is C[C@H](C[C@H]1O[C@@H]1CO)O[Si](c1ccccc1)(c1ccccc1)C(C)(C)C. The highest BCUT2D eigenvalue weighted by Gasteiger charge is 2.51. The molecule has 3 nitrogen and oxygen atoms in total. The number of epoxide rings is 1. The summed E-state index contributed by atoms with van der Waals surface area (Å²) in [5.41, 5.74) is 0. The van der Waals surface area contributed by atoms with Gasteiger partial charge in [0.2, 0.25) is 0 Å². The Morgan fingerprint density at radius 2 is 1.46 bits per heavy atom. The molecule has 0 amide bonds. The van der Waals surface area contributed by atoms with Gasteiger partial charge in [-0.05, 0) is 22.3 Å². The molecule has 2 aromatic rings. The van der Waals surface area contributed by atoms with Crippen molar-refractivity contribution in [2.24, 2.45) is 0 Å². The van der Waals surface area contributed by atoms with Crippen molar-refractivity contribution in [1.29, 1.82) is 0 Å². The van der Waals surface area contributed by atoms with Gasteiger partial charge in [-0.2, -0.15) is 0 Å². The second-order valence-corrected chi connectivity index (χ2v) is 12.5. The molecule has 1 heterocycles. The van der Waals surface area contributed by atoms with Crippen LogP contribution in [0, 0.1) is 0 Å². The molecular weight excluding hydrogens is 340 g/mol. The second kappa shape index (κ2) is 7.65. The quantitative estimate of drug-likeness (QED) is 0.601. The molecule has 0 radical (unpaired) electrons. The van der Waals surface area contributed by atoms with E-state index in [1.165, 1.54) is 10.4 Å². The highest BCUT2D eigenvalue weighted by atomic mass is 28.4.